The number of hydrogen-bond donors (Lipinski definition) is 1. The summed E-state index contributed by atoms with van der Waals surface area (Å²) >= 11 is 0. The Labute approximate surface area is 149 Å². The van der Waals surface area contributed by atoms with Crippen LogP contribution in [0, 0.1) is 13.8 Å². The van der Waals surface area contributed by atoms with Crippen LogP contribution in [0.5, 0.6) is 5.75 Å². The summed E-state index contributed by atoms with van der Waals surface area (Å²) in [6.07, 6.45) is 1.42. The minimum absolute atomic E-state index is 0.0219. The second kappa shape index (κ2) is 7.60. The Morgan fingerprint density at radius 3 is 2.88 bits per heavy atom. The molecular weight excluding hydrogens is 312 g/mol. The molecule has 4 nitrogen and oxygen atoms in total. The topological polar surface area (TPSA) is 41.6 Å². The van der Waals surface area contributed by atoms with Crippen molar-refractivity contribution in [1.29, 1.82) is 0 Å². The normalized spacial score (nSPS) is 12.8. The first-order valence-corrected chi connectivity index (χ1v) is 8.95. The number of nitrogens with zero attached hydrogens (tertiary/aromatic N) is 1. The van der Waals surface area contributed by atoms with Gasteiger partial charge in [-0.1, -0.05) is 18.2 Å². The number of benzene rings is 2. The van der Waals surface area contributed by atoms with Gasteiger partial charge in [-0.2, -0.15) is 0 Å². The standard InChI is InChI=1S/C21H26N2O2/c1-4-23-12-10-17-8-9-18(14-19(17)23)22-21(24)11-13-25-20-7-5-6-15(2)16(20)3/h5-9,14H,4,10-13H2,1-3H3,(H,22,24). The number of fused-ring (bicyclic) bond motifs is 1. The van der Waals surface area contributed by atoms with Gasteiger partial charge in [-0.15, -0.1) is 0 Å². The highest BCUT2D eigenvalue weighted by Crippen LogP contribution is 2.30. The Morgan fingerprint density at radius 1 is 1.24 bits per heavy atom. The highest BCUT2D eigenvalue weighted by atomic mass is 16.5. The fourth-order valence-electron chi connectivity index (χ4n) is 3.21. The van der Waals surface area contributed by atoms with Crippen molar-refractivity contribution in [3.05, 3.63) is 53.1 Å². The van der Waals surface area contributed by atoms with Gasteiger partial charge in [0, 0.05) is 24.5 Å². The lowest BCUT2D eigenvalue weighted by Crippen LogP contribution is -2.19. The lowest BCUT2D eigenvalue weighted by Gasteiger charge is -2.17. The zero-order valence-corrected chi connectivity index (χ0v) is 15.3. The molecule has 0 spiro atoms. The SMILES string of the molecule is CCN1CCc2ccc(NC(=O)CCOc3cccc(C)c3C)cc21. The molecule has 2 aromatic rings. The molecule has 1 aliphatic heterocycles. The Bertz CT molecular complexity index is 770. The molecule has 1 aliphatic rings. The van der Waals surface area contributed by atoms with Crippen molar-refractivity contribution >= 4 is 17.3 Å². The first kappa shape index (κ1) is 17.3. The van der Waals surface area contributed by atoms with E-state index in [0.717, 1.165) is 36.5 Å². The summed E-state index contributed by atoms with van der Waals surface area (Å²) in [6.45, 7) is 8.69. The molecule has 0 bridgehead atoms. The zero-order valence-electron chi connectivity index (χ0n) is 15.3. The molecule has 0 atom stereocenters. The third-order valence-corrected chi connectivity index (χ3v) is 4.88. The van der Waals surface area contributed by atoms with Crippen LogP contribution in [0.25, 0.3) is 0 Å². The van der Waals surface area contributed by atoms with E-state index in [0.29, 0.717) is 13.0 Å². The molecule has 0 radical (unpaired) electrons. The maximum Gasteiger partial charge on any atom is 0.227 e. The van der Waals surface area contributed by atoms with E-state index in [1.165, 1.54) is 16.8 Å². The van der Waals surface area contributed by atoms with Crippen molar-refractivity contribution in [2.75, 3.05) is 29.9 Å². The Kier molecular flexibility index (Phi) is 5.27. The number of carbonyl (C=O) groups is 1. The molecule has 25 heavy (non-hydrogen) atoms. The highest BCUT2D eigenvalue weighted by molar-refractivity contribution is 5.91. The van der Waals surface area contributed by atoms with Crippen molar-refractivity contribution in [2.24, 2.45) is 0 Å². The van der Waals surface area contributed by atoms with Crippen LogP contribution in [-0.2, 0) is 11.2 Å². The molecule has 0 unspecified atom stereocenters. The van der Waals surface area contributed by atoms with Gasteiger partial charge in [-0.25, -0.2) is 0 Å². The van der Waals surface area contributed by atoms with E-state index < -0.39 is 0 Å². The van der Waals surface area contributed by atoms with Crippen LogP contribution >= 0.6 is 0 Å². The summed E-state index contributed by atoms with van der Waals surface area (Å²) < 4.78 is 5.77. The number of anilines is 2. The van der Waals surface area contributed by atoms with Crippen molar-refractivity contribution in [3.8, 4) is 5.75 Å². The van der Waals surface area contributed by atoms with Crippen LogP contribution in [0.15, 0.2) is 36.4 Å². The summed E-state index contributed by atoms with van der Waals surface area (Å²) in [5.41, 5.74) is 5.78. The van der Waals surface area contributed by atoms with E-state index in [4.69, 9.17) is 4.74 Å². The lowest BCUT2D eigenvalue weighted by molar-refractivity contribution is -0.116. The van der Waals surface area contributed by atoms with Crippen molar-refractivity contribution in [2.45, 2.75) is 33.6 Å². The summed E-state index contributed by atoms with van der Waals surface area (Å²) in [5.74, 6) is 0.829. The van der Waals surface area contributed by atoms with E-state index >= 15 is 0 Å². The number of amides is 1. The van der Waals surface area contributed by atoms with Gasteiger partial charge in [-0.05, 0) is 62.1 Å². The van der Waals surface area contributed by atoms with E-state index in [9.17, 15) is 4.79 Å². The molecule has 4 heteroatoms. The van der Waals surface area contributed by atoms with Crippen LogP contribution in [0.4, 0.5) is 11.4 Å². The van der Waals surface area contributed by atoms with Gasteiger partial charge in [-0.3, -0.25) is 4.79 Å². The minimum atomic E-state index is -0.0219. The van der Waals surface area contributed by atoms with Crippen molar-refractivity contribution in [3.63, 3.8) is 0 Å². The van der Waals surface area contributed by atoms with Gasteiger partial charge < -0.3 is 15.0 Å². The molecular formula is C21H26N2O2. The fourth-order valence-corrected chi connectivity index (χ4v) is 3.21. The van der Waals surface area contributed by atoms with Gasteiger partial charge in [0.05, 0.1) is 13.0 Å². The van der Waals surface area contributed by atoms with Crippen LogP contribution in [0.3, 0.4) is 0 Å². The number of carbonyl (C=O) groups excluding carboxylic acids is 1. The predicted molar refractivity (Wildman–Crippen MR) is 103 cm³/mol. The Balaban J connectivity index is 1.54. The maximum atomic E-state index is 12.2. The molecule has 1 heterocycles. The number of nitrogens with one attached hydrogen (secondary N) is 1. The fraction of sp³-hybridized carbons (Fsp3) is 0.381. The average molecular weight is 338 g/mol. The van der Waals surface area contributed by atoms with E-state index in [1.54, 1.807) is 0 Å². The van der Waals surface area contributed by atoms with Crippen LogP contribution < -0.4 is 15.0 Å². The maximum absolute atomic E-state index is 12.2. The van der Waals surface area contributed by atoms with Gasteiger partial charge >= 0.3 is 0 Å². The molecule has 0 saturated carbocycles. The average Bonchev–Trinajstić information content (AvgIpc) is 3.01. The lowest BCUT2D eigenvalue weighted by atomic mass is 10.1. The van der Waals surface area contributed by atoms with E-state index in [2.05, 4.69) is 42.3 Å². The molecule has 1 amide bonds. The largest absolute Gasteiger partial charge is 0.493 e. The van der Waals surface area contributed by atoms with Gasteiger partial charge in [0.25, 0.3) is 0 Å². The number of aryl methyl sites for hydroxylation is 1. The van der Waals surface area contributed by atoms with Gasteiger partial charge in [0.15, 0.2) is 0 Å². The van der Waals surface area contributed by atoms with Crippen molar-refractivity contribution < 1.29 is 9.53 Å². The molecule has 2 aromatic carbocycles. The van der Waals surface area contributed by atoms with E-state index in [1.807, 2.05) is 25.1 Å². The number of hydrogen-bond acceptors (Lipinski definition) is 3. The minimum Gasteiger partial charge on any atom is -0.493 e. The van der Waals surface area contributed by atoms with Gasteiger partial charge in [0.1, 0.15) is 5.75 Å². The molecule has 0 aliphatic carbocycles. The quantitative estimate of drug-likeness (QED) is 0.862. The monoisotopic (exact) mass is 338 g/mol. The second-order valence-corrected chi connectivity index (χ2v) is 6.52. The van der Waals surface area contributed by atoms with Crippen LogP contribution in [-0.4, -0.2) is 25.6 Å². The summed E-state index contributed by atoms with van der Waals surface area (Å²) in [6, 6.07) is 12.2. The molecule has 0 aromatic heterocycles. The van der Waals surface area contributed by atoms with E-state index in [-0.39, 0.29) is 5.91 Å². The number of rotatable bonds is 6. The Morgan fingerprint density at radius 2 is 2.08 bits per heavy atom. The Hall–Kier alpha value is -2.49. The molecule has 0 fully saturated rings. The third-order valence-electron chi connectivity index (χ3n) is 4.88. The molecule has 0 saturated heterocycles. The summed E-state index contributed by atoms with van der Waals surface area (Å²) in [5, 5.41) is 2.98. The first-order valence-electron chi connectivity index (χ1n) is 8.95. The number of ether oxygens (including phenoxy) is 1. The first-order chi connectivity index (χ1) is 12.1. The molecule has 3 rings (SSSR count). The van der Waals surface area contributed by atoms with Gasteiger partial charge in [0.2, 0.25) is 5.91 Å². The molecule has 1 N–H and O–H groups in total. The third kappa shape index (κ3) is 3.95. The van der Waals surface area contributed by atoms with Crippen molar-refractivity contribution in [1.82, 2.24) is 0 Å². The second-order valence-electron chi connectivity index (χ2n) is 6.52. The predicted octanol–water partition coefficient (Wildman–Crippen LogP) is 4.09. The zero-order chi connectivity index (χ0) is 17.8. The van der Waals surface area contributed by atoms with Crippen LogP contribution in [0.2, 0.25) is 0 Å². The van der Waals surface area contributed by atoms with Crippen LogP contribution in [0.1, 0.15) is 30.0 Å². The number of likely N-dealkylation sites (N-methyl/N-ethyl adjacent to an activating group) is 1. The smallest absolute Gasteiger partial charge is 0.227 e. The highest BCUT2D eigenvalue weighted by Gasteiger charge is 2.18. The summed E-state index contributed by atoms with van der Waals surface area (Å²) in [7, 11) is 0. The summed E-state index contributed by atoms with van der Waals surface area (Å²) in [4.78, 5) is 14.5. The molecule has 132 valence electrons.